The fraction of sp³-hybridized carbons (Fsp3) is 0.889. The highest BCUT2D eigenvalue weighted by Crippen LogP contribution is 2.05. The molecule has 1 rings (SSSR count). The summed E-state index contributed by atoms with van der Waals surface area (Å²) in [5.41, 5.74) is 5.18. The van der Waals surface area contributed by atoms with E-state index in [9.17, 15) is 4.79 Å². The van der Waals surface area contributed by atoms with E-state index in [4.69, 9.17) is 5.73 Å². The molecule has 2 unspecified atom stereocenters. The Kier molecular flexibility index (Phi) is 4.18. The first kappa shape index (κ1) is 10.5. The zero-order valence-electron chi connectivity index (χ0n) is 8.18. The van der Waals surface area contributed by atoms with E-state index in [1.165, 1.54) is 6.42 Å². The van der Waals surface area contributed by atoms with E-state index in [1.807, 2.05) is 6.92 Å². The van der Waals surface area contributed by atoms with Crippen molar-refractivity contribution in [3.8, 4) is 0 Å². The lowest BCUT2D eigenvalue weighted by atomic mass is 10.1. The fourth-order valence-electron chi connectivity index (χ4n) is 1.62. The van der Waals surface area contributed by atoms with Crippen LogP contribution in [0.1, 0.15) is 26.2 Å². The maximum Gasteiger partial charge on any atom is 0.234 e. The summed E-state index contributed by atoms with van der Waals surface area (Å²) in [5.74, 6) is -0.266. The number of amides is 1. The number of hydrogen-bond donors (Lipinski definition) is 3. The highest BCUT2D eigenvalue weighted by molar-refractivity contribution is 5.79. The van der Waals surface area contributed by atoms with Crippen molar-refractivity contribution >= 4 is 5.91 Å². The highest BCUT2D eigenvalue weighted by Gasteiger charge is 2.16. The zero-order chi connectivity index (χ0) is 9.68. The van der Waals surface area contributed by atoms with Crippen LogP contribution in [0, 0.1) is 0 Å². The van der Waals surface area contributed by atoms with Crippen LogP contribution in [0.5, 0.6) is 0 Å². The predicted octanol–water partition coefficient (Wildman–Crippen LogP) is -0.408. The summed E-state index contributed by atoms with van der Waals surface area (Å²) in [4.78, 5) is 10.8. The van der Waals surface area contributed by atoms with Crippen molar-refractivity contribution in [1.82, 2.24) is 10.6 Å². The van der Waals surface area contributed by atoms with Gasteiger partial charge in [0.25, 0.3) is 0 Å². The molecule has 4 nitrogen and oxygen atoms in total. The van der Waals surface area contributed by atoms with Gasteiger partial charge in [-0.25, -0.2) is 0 Å². The van der Waals surface area contributed by atoms with Gasteiger partial charge in [0.2, 0.25) is 5.91 Å². The Hall–Kier alpha value is -0.610. The number of carbonyl (C=O) groups is 1. The van der Waals surface area contributed by atoms with Gasteiger partial charge in [-0.3, -0.25) is 4.79 Å². The minimum absolute atomic E-state index is 0.205. The third-order valence-electron chi connectivity index (χ3n) is 2.49. The zero-order valence-corrected chi connectivity index (χ0v) is 8.18. The first-order valence-electron chi connectivity index (χ1n) is 4.96. The normalized spacial score (nSPS) is 26.4. The molecule has 0 radical (unpaired) electrons. The molecule has 13 heavy (non-hydrogen) atoms. The monoisotopic (exact) mass is 185 g/mol. The van der Waals surface area contributed by atoms with Crippen LogP contribution in [0.25, 0.3) is 0 Å². The smallest absolute Gasteiger partial charge is 0.234 e. The second kappa shape index (κ2) is 5.19. The van der Waals surface area contributed by atoms with Crippen molar-refractivity contribution in [3.63, 3.8) is 0 Å². The molecule has 2 atom stereocenters. The van der Waals surface area contributed by atoms with Gasteiger partial charge >= 0.3 is 0 Å². The van der Waals surface area contributed by atoms with Gasteiger partial charge in [0.05, 0.1) is 6.04 Å². The van der Waals surface area contributed by atoms with E-state index in [2.05, 4.69) is 10.6 Å². The van der Waals surface area contributed by atoms with Gasteiger partial charge in [-0.2, -0.15) is 0 Å². The van der Waals surface area contributed by atoms with Crippen molar-refractivity contribution < 1.29 is 4.79 Å². The molecule has 1 aliphatic heterocycles. The van der Waals surface area contributed by atoms with Crippen molar-refractivity contribution in [3.05, 3.63) is 0 Å². The molecule has 0 aromatic heterocycles. The second-order valence-electron chi connectivity index (χ2n) is 3.67. The second-order valence-corrected chi connectivity index (χ2v) is 3.67. The average Bonchev–Trinajstić information content (AvgIpc) is 2.32. The summed E-state index contributed by atoms with van der Waals surface area (Å²) in [6.45, 7) is 3.94. The van der Waals surface area contributed by atoms with Gasteiger partial charge < -0.3 is 16.4 Å². The molecule has 1 amide bonds. The van der Waals surface area contributed by atoms with Crippen LogP contribution in [-0.2, 0) is 4.79 Å². The summed E-state index contributed by atoms with van der Waals surface area (Å²) in [7, 11) is 0. The summed E-state index contributed by atoms with van der Waals surface area (Å²) < 4.78 is 0. The molecule has 0 aromatic carbocycles. The molecule has 1 aliphatic rings. The maximum absolute atomic E-state index is 10.8. The van der Waals surface area contributed by atoms with Gasteiger partial charge in [0.15, 0.2) is 0 Å². The molecular weight excluding hydrogens is 166 g/mol. The molecule has 0 bridgehead atoms. The molecular formula is C9H19N3O. The number of nitrogens with one attached hydrogen (secondary N) is 2. The first-order valence-corrected chi connectivity index (χ1v) is 4.96. The van der Waals surface area contributed by atoms with Crippen LogP contribution in [0.15, 0.2) is 0 Å². The highest BCUT2D eigenvalue weighted by atomic mass is 16.1. The molecule has 1 saturated heterocycles. The number of nitrogens with two attached hydrogens (primary N) is 1. The first-order chi connectivity index (χ1) is 6.20. The SMILES string of the molecule is CC(NC1CCCNCC1)C(N)=O. The number of primary amides is 1. The van der Waals surface area contributed by atoms with Crippen LogP contribution < -0.4 is 16.4 Å². The average molecular weight is 185 g/mol. The molecule has 0 aromatic rings. The lowest BCUT2D eigenvalue weighted by Crippen LogP contribution is -2.44. The molecule has 4 N–H and O–H groups in total. The maximum atomic E-state index is 10.8. The summed E-state index contributed by atoms with van der Waals surface area (Å²) >= 11 is 0. The Morgan fingerprint density at radius 2 is 2.31 bits per heavy atom. The van der Waals surface area contributed by atoms with Gasteiger partial charge in [-0.05, 0) is 39.3 Å². The van der Waals surface area contributed by atoms with Crippen molar-refractivity contribution in [2.75, 3.05) is 13.1 Å². The largest absolute Gasteiger partial charge is 0.368 e. The number of rotatable bonds is 3. The van der Waals surface area contributed by atoms with E-state index < -0.39 is 0 Å². The molecule has 0 saturated carbocycles. The third kappa shape index (κ3) is 3.74. The predicted molar refractivity (Wildman–Crippen MR) is 52.3 cm³/mol. The molecule has 0 spiro atoms. The number of carbonyl (C=O) groups excluding carboxylic acids is 1. The van der Waals surface area contributed by atoms with Crippen LogP contribution >= 0.6 is 0 Å². The van der Waals surface area contributed by atoms with Crippen molar-refractivity contribution in [2.24, 2.45) is 5.73 Å². The summed E-state index contributed by atoms with van der Waals surface area (Å²) in [6, 6.07) is 0.237. The van der Waals surface area contributed by atoms with Gasteiger partial charge in [0, 0.05) is 6.04 Å². The standard InChI is InChI=1S/C9H19N3O/c1-7(9(10)13)12-8-3-2-5-11-6-4-8/h7-8,11-12H,2-6H2,1H3,(H2,10,13). The van der Waals surface area contributed by atoms with E-state index in [0.717, 1.165) is 25.9 Å². The Morgan fingerprint density at radius 3 is 3.00 bits per heavy atom. The molecule has 4 heteroatoms. The summed E-state index contributed by atoms with van der Waals surface area (Å²) in [5, 5.41) is 6.57. The topological polar surface area (TPSA) is 67.2 Å². The Bertz CT molecular complexity index is 164. The fourth-order valence-corrected chi connectivity index (χ4v) is 1.62. The molecule has 76 valence electrons. The third-order valence-corrected chi connectivity index (χ3v) is 2.49. The number of hydrogen-bond acceptors (Lipinski definition) is 3. The van der Waals surface area contributed by atoms with Crippen molar-refractivity contribution in [1.29, 1.82) is 0 Å². The minimum atomic E-state index is -0.266. The molecule has 0 aliphatic carbocycles. The quantitative estimate of drug-likeness (QED) is 0.560. The van der Waals surface area contributed by atoms with Crippen LogP contribution in [-0.4, -0.2) is 31.1 Å². The lowest BCUT2D eigenvalue weighted by molar-refractivity contribution is -0.119. The van der Waals surface area contributed by atoms with E-state index in [0.29, 0.717) is 6.04 Å². The van der Waals surface area contributed by atoms with Crippen molar-refractivity contribution in [2.45, 2.75) is 38.3 Å². The Balaban J connectivity index is 2.29. The lowest BCUT2D eigenvalue weighted by Gasteiger charge is -2.19. The van der Waals surface area contributed by atoms with Gasteiger partial charge in [-0.1, -0.05) is 0 Å². The Morgan fingerprint density at radius 1 is 1.54 bits per heavy atom. The van der Waals surface area contributed by atoms with Gasteiger partial charge in [0.1, 0.15) is 0 Å². The van der Waals surface area contributed by atoms with E-state index >= 15 is 0 Å². The molecule has 1 fully saturated rings. The van der Waals surface area contributed by atoms with Crippen LogP contribution in [0.3, 0.4) is 0 Å². The van der Waals surface area contributed by atoms with Crippen LogP contribution in [0.4, 0.5) is 0 Å². The summed E-state index contributed by atoms with van der Waals surface area (Å²) in [6.07, 6.45) is 3.38. The van der Waals surface area contributed by atoms with E-state index in [-0.39, 0.29) is 11.9 Å². The van der Waals surface area contributed by atoms with Gasteiger partial charge in [-0.15, -0.1) is 0 Å². The Labute approximate surface area is 79.3 Å². The molecule has 1 heterocycles. The van der Waals surface area contributed by atoms with Crippen LogP contribution in [0.2, 0.25) is 0 Å². The van der Waals surface area contributed by atoms with E-state index in [1.54, 1.807) is 0 Å². The minimum Gasteiger partial charge on any atom is -0.368 e.